The first-order valence-electron chi connectivity index (χ1n) is 4.67. The molecule has 0 bridgehead atoms. The van der Waals surface area contributed by atoms with Gasteiger partial charge in [0.25, 0.3) is 0 Å². The smallest absolute Gasteiger partial charge is 0.0218 e. The summed E-state index contributed by atoms with van der Waals surface area (Å²) in [6.45, 7) is 0. The molecule has 0 heterocycles. The molecule has 0 amide bonds. The molecule has 0 saturated heterocycles. The van der Waals surface area contributed by atoms with Crippen LogP contribution >= 0.6 is 0 Å². The van der Waals surface area contributed by atoms with Crippen molar-refractivity contribution in [2.24, 2.45) is 0 Å². The molecule has 1 atom stereocenters. The minimum atomic E-state index is -1.98. The molecular weight excluding hydrogens is 174 g/mol. The Bertz CT molecular complexity index is 175. The fraction of sp³-hybridized carbons (Fsp3) is 1.00. The molecule has 4 heteroatoms. The van der Waals surface area contributed by atoms with E-state index in [1.54, 1.807) is 4.31 Å². The van der Waals surface area contributed by atoms with E-state index >= 15 is 0 Å². The minimum Gasteiger partial charge on any atom is -0.760 e. The van der Waals surface area contributed by atoms with E-state index in [2.05, 4.69) is 0 Å². The predicted molar refractivity (Wildman–Crippen MR) is 46.0 cm³/mol. The molecule has 0 aromatic heterocycles. The van der Waals surface area contributed by atoms with Gasteiger partial charge in [-0.25, -0.2) is 4.31 Å². The molecule has 2 fully saturated rings. The topological polar surface area (TPSA) is 43.4 Å². The van der Waals surface area contributed by atoms with Crippen LogP contribution < -0.4 is 0 Å². The maximum absolute atomic E-state index is 10.9. The average molecular weight is 188 g/mol. The van der Waals surface area contributed by atoms with Crippen LogP contribution in [0.15, 0.2) is 0 Å². The van der Waals surface area contributed by atoms with Crippen molar-refractivity contribution in [1.29, 1.82) is 0 Å². The zero-order chi connectivity index (χ0) is 8.55. The van der Waals surface area contributed by atoms with Crippen LogP contribution in [0.4, 0.5) is 0 Å². The molecular formula is C8H14NO2S-. The molecule has 0 aromatic carbocycles. The second-order valence-corrected chi connectivity index (χ2v) is 4.60. The zero-order valence-corrected chi connectivity index (χ0v) is 7.89. The van der Waals surface area contributed by atoms with Crippen LogP contribution in [0, 0.1) is 0 Å². The number of hydrogen-bond acceptors (Lipinski definition) is 2. The second-order valence-electron chi connectivity index (χ2n) is 3.75. The number of hydrogen-bond donors (Lipinski definition) is 0. The van der Waals surface area contributed by atoms with Gasteiger partial charge in [0.15, 0.2) is 0 Å². The van der Waals surface area contributed by atoms with Gasteiger partial charge in [0.05, 0.1) is 0 Å². The molecule has 0 N–H and O–H groups in total. The first-order valence-corrected chi connectivity index (χ1v) is 5.70. The first-order chi connectivity index (χ1) is 5.79. The molecule has 0 aromatic rings. The highest BCUT2D eigenvalue weighted by Crippen LogP contribution is 2.34. The lowest BCUT2D eigenvalue weighted by Crippen LogP contribution is -2.50. The van der Waals surface area contributed by atoms with Crippen LogP contribution in [0.5, 0.6) is 0 Å². The molecule has 0 spiro atoms. The molecule has 0 radical (unpaired) electrons. The fourth-order valence-corrected chi connectivity index (χ4v) is 2.73. The van der Waals surface area contributed by atoms with Crippen molar-refractivity contribution >= 4 is 11.3 Å². The van der Waals surface area contributed by atoms with Gasteiger partial charge in [-0.05, 0) is 25.7 Å². The average Bonchev–Trinajstić information content (AvgIpc) is 1.77. The minimum absolute atomic E-state index is 0.341. The summed E-state index contributed by atoms with van der Waals surface area (Å²) in [6, 6.07) is 0.683. The van der Waals surface area contributed by atoms with E-state index in [4.69, 9.17) is 0 Å². The molecule has 1 unspecified atom stereocenters. The van der Waals surface area contributed by atoms with E-state index in [-0.39, 0.29) is 0 Å². The predicted octanol–water partition coefficient (Wildman–Crippen LogP) is 1.19. The molecule has 0 aliphatic heterocycles. The number of nitrogens with zero attached hydrogens (tertiary/aromatic N) is 1. The van der Waals surface area contributed by atoms with Crippen LogP contribution in [0.3, 0.4) is 0 Å². The van der Waals surface area contributed by atoms with Gasteiger partial charge in [-0.3, -0.25) is 4.21 Å². The quantitative estimate of drug-likeness (QED) is 0.624. The zero-order valence-electron chi connectivity index (χ0n) is 7.07. The van der Waals surface area contributed by atoms with Crippen molar-refractivity contribution in [3.05, 3.63) is 0 Å². The summed E-state index contributed by atoms with van der Waals surface area (Å²) in [4.78, 5) is 0. The summed E-state index contributed by atoms with van der Waals surface area (Å²) in [7, 11) is 0. The van der Waals surface area contributed by atoms with Gasteiger partial charge in [-0.1, -0.05) is 12.8 Å². The molecule has 70 valence electrons. The summed E-state index contributed by atoms with van der Waals surface area (Å²) in [5.74, 6) is 0. The summed E-state index contributed by atoms with van der Waals surface area (Å²) in [6.07, 6.45) is 6.69. The summed E-state index contributed by atoms with van der Waals surface area (Å²) in [5.41, 5.74) is 0. The lowest BCUT2D eigenvalue weighted by Gasteiger charge is -2.46. The van der Waals surface area contributed by atoms with E-state index in [1.807, 2.05) is 0 Å². The van der Waals surface area contributed by atoms with Crippen molar-refractivity contribution < 1.29 is 8.76 Å². The van der Waals surface area contributed by atoms with E-state index < -0.39 is 11.3 Å². The summed E-state index contributed by atoms with van der Waals surface area (Å²) in [5, 5.41) is 0. The van der Waals surface area contributed by atoms with Gasteiger partial charge >= 0.3 is 0 Å². The fourth-order valence-electron chi connectivity index (χ4n) is 1.82. The summed E-state index contributed by atoms with van der Waals surface area (Å²) >= 11 is -1.98. The Hall–Kier alpha value is 0.0700. The molecule has 2 aliphatic rings. The van der Waals surface area contributed by atoms with Crippen molar-refractivity contribution in [2.75, 3.05) is 0 Å². The van der Waals surface area contributed by atoms with Gasteiger partial charge in [-0.15, -0.1) is 0 Å². The Morgan fingerprint density at radius 3 is 1.67 bits per heavy atom. The Morgan fingerprint density at radius 1 is 1.08 bits per heavy atom. The largest absolute Gasteiger partial charge is 0.760 e. The molecule has 2 rings (SSSR count). The van der Waals surface area contributed by atoms with Crippen molar-refractivity contribution in [3.8, 4) is 0 Å². The SMILES string of the molecule is O=S([O-])N(C1CCC1)C1CCC1. The van der Waals surface area contributed by atoms with Crippen LogP contribution in [0.25, 0.3) is 0 Å². The van der Waals surface area contributed by atoms with Gasteiger partial charge < -0.3 is 4.55 Å². The third-order valence-corrected chi connectivity index (χ3v) is 3.98. The van der Waals surface area contributed by atoms with Crippen LogP contribution in [-0.2, 0) is 11.3 Å². The van der Waals surface area contributed by atoms with Gasteiger partial charge in [-0.2, -0.15) is 0 Å². The highest BCUT2D eigenvalue weighted by Gasteiger charge is 2.34. The maximum Gasteiger partial charge on any atom is 0.0218 e. The monoisotopic (exact) mass is 188 g/mol. The Morgan fingerprint density at radius 2 is 1.50 bits per heavy atom. The highest BCUT2D eigenvalue weighted by atomic mass is 32.2. The molecule has 2 saturated carbocycles. The van der Waals surface area contributed by atoms with Gasteiger partial charge in [0, 0.05) is 23.4 Å². The second kappa shape index (κ2) is 3.44. The van der Waals surface area contributed by atoms with Gasteiger partial charge in [0.1, 0.15) is 0 Å². The van der Waals surface area contributed by atoms with E-state index in [0.717, 1.165) is 25.7 Å². The molecule has 3 nitrogen and oxygen atoms in total. The number of rotatable bonds is 3. The van der Waals surface area contributed by atoms with E-state index in [1.165, 1.54) is 12.8 Å². The third-order valence-electron chi connectivity index (χ3n) is 3.04. The Kier molecular flexibility index (Phi) is 2.48. The Balaban J connectivity index is 1.95. The van der Waals surface area contributed by atoms with E-state index in [0.29, 0.717) is 12.1 Å². The van der Waals surface area contributed by atoms with Gasteiger partial charge in [0.2, 0.25) is 0 Å². The highest BCUT2D eigenvalue weighted by molar-refractivity contribution is 7.76. The Labute approximate surface area is 75.6 Å². The standard InChI is InChI=1S/C8H15NO2S/c10-12(11)9(7-3-1-4-7)8-5-2-6-8/h7-8H,1-6H2,(H,10,11)/p-1. The first kappa shape index (κ1) is 8.66. The maximum atomic E-state index is 10.9. The van der Waals surface area contributed by atoms with Crippen LogP contribution in [0.2, 0.25) is 0 Å². The summed E-state index contributed by atoms with van der Waals surface area (Å²) < 4.78 is 23.5. The third kappa shape index (κ3) is 1.43. The van der Waals surface area contributed by atoms with Crippen LogP contribution in [-0.4, -0.2) is 25.2 Å². The lowest BCUT2D eigenvalue weighted by atomic mass is 9.87. The van der Waals surface area contributed by atoms with Crippen molar-refractivity contribution in [2.45, 2.75) is 50.6 Å². The van der Waals surface area contributed by atoms with E-state index in [9.17, 15) is 8.76 Å². The molecule has 2 aliphatic carbocycles. The molecule has 12 heavy (non-hydrogen) atoms. The normalized spacial score (nSPS) is 28.2. The van der Waals surface area contributed by atoms with Crippen molar-refractivity contribution in [1.82, 2.24) is 4.31 Å². The van der Waals surface area contributed by atoms with Crippen molar-refractivity contribution in [3.63, 3.8) is 0 Å². The lowest BCUT2D eigenvalue weighted by molar-refractivity contribution is 0.121. The van der Waals surface area contributed by atoms with Crippen LogP contribution in [0.1, 0.15) is 38.5 Å².